The van der Waals surface area contributed by atoms with E-state index < -0.39 is 0 Å². The molecule has 1 aliphatic rings. The molecule has 94 valence electrons. The van der Waals surface area contributed by atoms with Gasteiger partial charge in [-0.05, 0) is 6.92 Å². The number of nitrogens with zero attached hydrogens (tertiary/aromatic N) is 1. The van der Waals surface area contributed by atoms with E-state index in [4.69, 9.17) is 10.5 Å². The predicted octanol–water partition coefficient (Wildman–Crippen LogP) is 0.0245. The number of carbonyl (C=O) groups excluding carboxylic acids is 2. The maximum Gasteiger partial charge on any atom is 0.309 e. The SMILES string of the molecule is CCOC(=O)C(C)CN1CC(C(N)=O)C1.Cl. The molecule has 1 amide bonds. The lowest BCUT2D eigenvalue weighted by Crippen LogP contribution is -2.54. The fourth-order valence-electron chi connectivity index (χ4n) is 1.65. The third-order valence-corrected chi connectivity index (χ3v) is 2.58. The highest BCUT2D eigenvalue weighted by Crippen LogP contribution is 2.16. The van der Waals surface area contributed by atoms with Gasteiger partial charge >= 0.3 is 5.97 Å². The number of carbonyl (C=O) groups is 2. The zero-order chi connectivity index (χ0) is 11.4. The Bertz CT molecular complexity index is 254. The van der Waals surface area contributed by atoms with E-state index in [9.17, 15) is 9.59 Å². The first-order chi connectivity index (χ1) is 7.04. The second-order valence-corrected chi connectivity index (χ2v) is 3.97. The third kappa shape index (κ3) is 3.98. The summed E-state index contributed by atoms with van der Waals surface area (Å²) in [6, 6.07) is 0. The van der Waals surface area contributed by atoms with Gasteiger partial charge in [-0.1, -0.05) is 6.92 Å². The molecule has 1 saturated heterocycles. The topological polar surface area (TPSA) is 72.6 Å². The molecular formula is C10H19ClN2O3. The standard InChI is InChI=1S/C10H18N2O3.ClH/c1-3-15-10(14)7(2)4-12-5-8(6-12)9(11)13;/h7-8H,3-6H2,1-2H3,(H2,11,13);1H. The van der Waals surface area contributed by atoms with Crippen molar-refractivity contribution in [2.24, 2.45) is 17.6 Å². The first-order valence-corrected chi connectivity index (χ1v) is 5.22. The van der Waals surface area contributed by atoms with Crippen molar-refractivity contribution < 1.29 is 14.3 Å². The Hall–Kier alpha value is -0.810. The molecular weight excluding hydrogens is 232 g/mol. The molecule has 1 atom stereocenters. The molecule has 0 spiro atoms. The summed E-state index contributed by atoms with van der Waals surface area (Å²) in [6.07, 6.45) is 0. The van der Waals surface area contributed by atoms with Crippen LogP contribution >= 0.6 is 12.4 Å². The molecule has 1 rings (SSSR count). The number of likely N-dealkylation sites (tertiary alicyclic amines) is 1. The van der Waals surface area contributed by atoms with E-state index in [1.54, 1.807) is 6.92 Å². The number of halogens is 1. The Balaban J connectivity index is 0.00000225. The summed E-state index contributed by atoms with van der Waals surface area (Å²) in [5, 5.41) is 0. The molecule has 5 nitrogen and oxygen atoms in total. The Morgan fingerprint density at radius 3 is 2.50 bits per heavy atom. The van der Waals surface area contributed by atoms with Gasteiger partial charge in [0.2, 0.25) is 5.91 Å². The summed E-state index contributed by atoms with van der Waals surface area (Å²) >= 11 is 0. The summed E-state index contributed by atoms with van der Waals surface area (Å²) in [7, 11) is 0. The molecule has 6 heteroatoms. The summed E-state index contributed by atoms with van der Waals surface area (Å²) in [4.78, 5) is 24.1. The van der Waals surface area contributed by atoms with E-state index in [0.717, 1.165) is 0 Å². The zero-order valence-electron chi connectivity index (χ0n) is 9.64. The molecule has 0 aromatic heterocycles. The number of hydrogen-bond acceptors (Lipinski definition) is 4. The highest BCUT2D eigenvalue weighted by molar-refractivity contribution is 5.85. The van der Waals surface area contributed by atoms with E-state index in [0.29, 0.717) is 26.2 Å². The van der Waals surface area contributed by atoms with Crippen molar-refractivity contribution in [3.63, 3.8) is 0 Å². The average Bonchev–Trinajstić information content (AvgIpc) is 2.09. The fourth-order valence-corrected chi connectivity index (χ4v) is 1.65. The minimum atomic E-state index is -0.255. The molecule has 1 aliphatic heterocycles. The predicted molar refractivity (Wildman–Crippen MR) is 62.2 cm³/mol. The molecule has 0 aliphatic carbocycles. The van der Waals surface area contributed by atoms with Crippen LogP contribution in [0.5, 0.6) is 0 Å². The molecule has 0 bridgehead atoms. The van der Waals surface area contributed by atoms with Crippen LogP contribution in [-0.4, -0.2) is 43.0 Å². The lowest BCUT2D eigenvalue weighted by molar-refractivity contribution is -0.148. The Labute approximate surface area is 102 Å². The fraction of sp³-hybridized carbons (Fsp3) is 0.800. The van der Waals surface area contributed by atoms with Gasteiger partial charge in [0.15, 0.2) is 0 Å². The van der Waals surface area contributed by atoms with Crippen molar-refractivity contribution in [1.82, 2.24) is 4.90 Å². The number of ether oxygens (including phenoxy) is 1. The van der Waals surface area contributed by atoms with E-state index in [-0.39, 0.29) is 36.1 Å². The van der Waals surface area contributed by atoms with Crippen molar-refractivity contribution in [2.45, 2.75) is 13.8 Å². The Morgan fingerprint density at radius 1 is 1.50 bits per heavy atom. The largest absolute Gasteiger partial charge is 0.466 e. The van der Waals surface area contributed by atoms with Crippen LogP contribution in [0.15, 0.2) is 0 Å². The van der Waals surface area contributed by atoms with Gasteiger partial charge in [-0.2, -0.15) is 0 Å². The summed E-state index contributed by atoms with van der Waals surface area (Å²) < 4.78 is 4.89. The average molecular weight is 251 g/mol. The van der Waals surface area contributed by atoms with E-state index in [1.165, 1.54) is 0 Å². The van der Waals surface area contributed by atoms with Crippen LogP contribution in [0.4, 0.5) is 0 Å². The molecule has 0 radical (unpaired) electrons. The highest BCUT2D eigenvalue weighted by atomic mass is 35.5. The van der Waals surface area contributed by atoms with Crippen molar-refractivity contribution in [3.05, 3.63) is 0 Å². The summed E-state index contributed by atoms with van der Waals surface area (Å²) in [5.74, 6) is -0.617. The Kier molecular flexibility index (Phi) is 6.36. The Morgan fingerprint density at radius 2 is 2.06 bits per heavy atom. The molecule has 2 N–H and O–H groups in total. The van der Waals surface area contributed by atoms with Crippen LogP contribution in [0.25, 0.3) is 0 Å². The number of esters is 1. The van der Waals surface area contributed by atoms with Crippen molar-refractivity contribution in [2.75, 3.05) is 26.2 Å². The third-order valence-electron chi connectivity index (χ3n) is 2.58. The van der Waals surface area contributed by atoms with Gasteiger partial charge in [0.1, 0.15) is 0 Å². The molecule has 0 saturated carbocycles. The zero-order valence-corrected chi connectivity index (χ0v) is 10.5. The second kappa shape index (κ2) is 6.70. The van der Waals surface area contributed by atoms with E-state index >= 15 is 0 Å². The van der Waals surface area contributed by atoms with Crippen LogP contribution < -0.4 is 5.73 Å². The number of hydrogen-bond donors (Lipinski definition) is 1. The minimum Gasteiger partial charge on any atom is -0.466 e. The highest BCUT2D eigenvalue weighted by Gasteiger charge is 2.32. The van der Waals surface area contributed by atoms with Crippen molar-refractivity contribution in [3.8, 4) is 0 Å². The van der Waals surface area contributed by atoms with Gasteiger partial charge in [-0.15, -0.1) is 12.4 Å². The van der Waals surface area contributed by atoms with Crippen LogP contribution in [0, 0.1) is 11.8 Å². The van der Waals surface area contributed by atoms with Gasteiger partial charge in [-0.25, -0.2) is 0 Å². The molecule has 1 heterocycles. The van der Waals surface area contributed by atoms with Gasteiger partial charge in [0, 0.05) is 19.6 Å². The second-order valence-electron chi connectivity index (χ2n) is 3.97. The lowest BCUT2D eigenvalue weighted by Gasteiger charge is -2.38. The maximum atomic E-state index is 11.3. The molecule has 0 aromatic carbocycles. The molecule has 0 aromatic rings. The normalized spacial score (nSPS) is 18.1. The van der Waals surface area contributed by atoms with Crippen LogP contribution in [0.2, 0.25) is 0 Å². The number of nitrogens with two attached hydrogens (primary N) is 1. The number of primary amides is 1. The lowest BCUT2D eigenvalue weighted by atomic mass is 9.98. The number of rotatable bonds is 5. The molecule has 16 heavy (non-hydrogen) atoms. The summed E-state index contributed by atoms with van der Waals surface area (Å²) in [6.45, 7) is 6.00. The van der Waals surface area contributed by atoms with Crippen molar-refractivity contribution >= 4 is 24.3 Å². The van der Waals surface area contributed by atoms with Gasteiger partial charge in [0.25, 0.3) is 0 Å². The van der Waals surface area contributed by atoms with E-state index in [2.05, 4.69) is 0 Å². The molecule has 1 unspecified atom stereocenters. The van der Waals surface area contributed by atoms with Crippen LogP contribution in [0.1, 0.15) is 13.8 Å². The first-order valence-electron chi connectivity index (χ1n) is 5.22. The molecule has 1 fully saturated rings. The van der Waals surface area contributed by atoms with Gasteiger partial charge in [0.05, 0.1) is 18.4 Å². The van der Waals surface area contributed by atoms with E-state index in [1.807, 2.05) is 11.8 Å². The number of amides is 1. The smallest absolute Gasteiger partial charge is 0.309 e. The van der Waals surface area contributed by atoms with Gasteiger partial charge < -0.3 is 15.4 Å². The summed E-state index contributed by atoms with van der Waals surface area (Å²) in [5.41, 5.74) is 5.14. The van der Waals surface area contributed by atoms with Crippen LogP contribution in [-0.2, 0) is 14.3 Å². The first kappa shape index (κ1) is 15.2. The monoisotopic (exact) mass is 250 g/mol. The quantitative estimate of drug-likeness (QED) is 0.699. The van der Waals surface area contributed by atoms with Gasteiger partial charge in [-0.3, -0.25) is 9.59 Å². The minimum absolute atomic E-state index is 0. The van der Waals surface area contributed by atoms with Crippen LogP contribution in [0.3, 0.4) is 0 Å². The van der Waals surface area contributed by atoms with Crippen molar-refractivity contribution in [1.29, 1.82) is 0 Å². The maximum absolute atomic E-state index is 11.3.